The Labute approximate surface area is 134 Å². The van der Waals surface area contributed by atoms with Gasteiger partial charge in [0.25, 0.3) is 10.1 Å². The Hall–Kier alpha value is -1.07. The van der Waals surface area contributed by atoms with Gasteiger partial charge in [0.15, 0.2) is 12.4 Å². The molecule has 130 valence electrons. The Morgan fingerprint density at radius 2 is 1.96 bits per heavy atom. The van der Waals surface area contributed by atoms with Crippen LogP contribution < -0.4 is 0 Å². The fourth-order valence-electron chi connectivity index (χ4n) is 2.32. The number of hydrogen-bond donors (Lipinski definition) is 3. The lowest BCUT2D eigenvalue weighted by atomic mass is 9.99. The molecule has 0 radical (unpaired) electrons. The van der Waals surface area contributed by atoms with Gasteiger partial charge in [-0.1, -0.05) is 12.1 Å². The van der Waals surface area contributed by atoms with Gasteiger partial charge >= 0.3 is 0 Å². The van der Waals surface area contributed by atoms with Gasteiger partial charge in [0.05, 0.1) is 11.5 Å². The molecule has 1 aromatic carbocycles. The van der Waals surface area contributed by atoms with Crippen LogP contribution in [0.25, 0.3) is 0 Å². The van der Waals surface area contributed by atoms with Crippen LogP contribution in [0.3, 0.4) is 0 Å². The van der Waals surface area contributed by atoms with E-state index < -0.39 is 47.4 Å². The van der Waals surface area contributed by atoms with E-state index in [1.807, 2.05) is 0 Å². The van der Waals surface area contributed by atoms with E-state index in [4.69, 9.17) is 18.8 Å². The summed E-state index contributed by atoms with van der Waals surface area (Å²) in [6.45, 7) is 1.17. The molecule has 0 aromatic heterocycles. The number of methoxy groups -OCH3 is 1. The third-order valence-corrected chi connectivity index (χ3v) is 4.88. The molecule has 0 unspecified atom stereocenters. The fourth-order valence-corrected chi connectivity index (χ4v) is 3.50. The van der Waals surface area contributed by atoms with E-state index >= 15 is 0 Å². The molecule has 8 nitrogen and oxygen atoms in total. The van der Waals surface area contributed by atoms with Gasteiger partial charge in [0.1, 0.15) is 18.3 Å². The average Bonchev–Trinajstić information content (AvgIpc) is 2.52. The highest BCUT2D eigenvalue weighted by molar-refractivity contribution is 7.86. The predicted molar refractivity (Wildman–Crippen MR) is 78.0 cm³/mol. The van der Waals surface area contributed by atoms with Crippen LogP contribution in [0.2, 0.25) is 0 Å². The number of aliphatic hydroxyl groups is 3. The van der Waals surface area contributed by atoms with E-state index in [1.54, 1.807) is 19.1 Å². The number of aliphatic hydroxyl groups excluding tert-OH is 3. The van der Waals surface area contributed by atoms with Crippen LogP contribution in [-0.4, -0.2) is 68.2 Å². The Balaban J connectivity index is 2.26. The van der Waals surface area contributed by atoms with Crippen molar-refractivity contribution < 1.29 is 37.4 Å². The van der Waals surface area contributed by atoms with Crippen LogP contribution in [0.15, 0.2) is 29.2 Å². The summed E-state index contributed by atoms with van der Waals surface area (Å²) in [4.78, 5) is -0.0849. The molecule has 2 rings (SSSR count). The van der Waals surface area contributed by atoms with Crippen molar-refractivity contribution in [1.29, 1.82) is 0 Å². The molecule has 1 aromatic rings. The lowest BCUT2D eigenvalue weighted by Crippen LogP contribution is -2.60. The molecular formula is C14H20O8S. The molecule has 1 aliphatic heterocycles. The van der Waals surface area contributed by atoms with E-state index in [1.165, 1.54) is 19.2 Å². The number of benzene rings is 1. The molecule has 1 fully saturated rings. The second kappa shape index (κ2) is 7.22. The maximum absolute atomic E-state index is 12.3. The van der Waals surface area contributed by atoms with Gasteiger partial charge in [0.2, 0.25) is 0 Å². The monoisotopic (exact) mass is 348 g/mol. The van der Waals surface area contributed by atoms with Gasteiger partial charge < -0.3 is 24.8 Å². The van der Waals surface area contributed by atoms with Crippen molar-refractivity contribution >= 4 is 10.1 Å². The largest absolute Gasteiger partial charge is 0.394 e. The Morgan fingerprint density at radius 1 is 1.26 bits per heavy atom. The molecule has 1 aliphatic rings. The lowest BCUT2D eigenvalue weighted by molar-refractivity contribution is -0.288. The SMILES string of the molecule is CO[C@H]1O[C@H](CO)[C@@H](O)[C@H](O)[C@H]1OS(=O)(=O)c1cccc(C)c1. The first-order valence-electron chi connectivity index (χ1n) is 6.95. The normalized spacial score (nSPS) is 32.0. The van der Waals surface area contributed by atoms with Gasteiger partial charge in [-0.3, -0.25) is 4.18 Å². The first-order valence-corrected chi connectivity index (χ1v) is 8.36. The molecule has 0 aliphatic carbocycles. The van der Waals surface area contributed by atoms with Gasteiger partial charge in [-0.05, 0) is 24.6 Å². The predicted octanol–water partition coefficient (Wildman–Crippen LogP) is -0.846. The molecule has 0 amide bonds. The molecule has 1 heterocycles. The van der Waals surface area contributed by atoms with Gasteiger partial charge in [0, 0.05) is 7.11 Å². The minimum Gasteiger partial charge on any atom is -0.394 e. The van der Waals surface area contributed by atoms with Crippen LogP contribution in [0.4, 0.5) is 0 Å². The highest BCUT2D eigenvalue weighted by Crippen LogP contribution is 2.27. The second-order valence-corrected chi connectivity index (χ2v) is 6.85. The summed E-state index contributed by atoms with van der Waals surface area (Å²) in [5.74, 6) is 0. The standard InChI is InChI=1S/C14H20O8S/c1-8-4-3-5-9(6-8)23(18,19)22-13-12(17)11(16)10(7-15)21-14(13)20-2/h3-6,10-17H,7H2,1-2H3/t10-,11-,12+,13-,14+/m1/s1. The number of aryl methyl sites for hydroxylation is 1. The summed E-state index contributed by atoms with van der Waals surface area (Å²) in [5.41, 5.74) is 0.721. The highest BCUT2D eigenvalue weighted by atomic mass is 32.2. The van der Waals surface area contributed by atoms with E-state index in [0.29, 0.717) is 0 Å². The summed E-state index contributed by atoms with van der Waals surface area (Å²) in [7, 11) is -2.96. The zero-order valence-corrected chi connectivity index (χ0v) is 13.5. The summed E-state index contributed by atoms with van der Waals surface area (Å²) in [6, 6.07) is 6.06. The summed E-state index contributed by atoms with van der Waals surface area (Å²) >= 11 is 0. The third-order valence-electron chi connectivity index (χ3n) is 3.57. The quantitative estimate of drug-likeness (QED) is 0.589. The lowest BCUT2D eigenvalue weighted by Gasteiger charge is -2.40. The molecule has 5 atom stereocenters. The molecule has 0 saturated carbocycles. The molecule has 1 saturated heterocycles. The molecule has 23 heavy (non-hydrogen) atoms. The van der Waals surface area contributed by atoms with Crippen LogP contribution in [0, 0.1) is 6.92 Å². The van der Waals surface area contributed by atoms with Crippen LogP contribution in [-0.2, 0) is 23.8 Å². The second-order valence-electron chi connectivity index (χ2n) is 5.27. The van der Waals surface area contributed by atoms with Crippen molar-refractivity contribution in [3.8, 4) is 0 Å². The molecular weight excluding hydrogens is 328 g/mol. The van der Waals surface area contributed by atoms with E-state index in [0.717, 1.165) is 5.56 Å². The molecule has 3 N–H and O–H groups in total. The van der Waals surface area contributed by atoms with Crippen molar-refractivity contribution in [3.05, 3.63) is 29.8 Å². The first kappa shape index (κ1) is 18.3. The zero-order valence-electron chi connectivity index (χ0n) is 12.7. The molecule has 0 bridgehead atoms. The average molecular weight is 348 g/mol. The maximum Gasteiger partial charge on any atom is 0.297 e. The van der Waals surface area contributed by atoms with Crippen molar-refractivity contribution in [2.24, 2.45) is 0 Å². The van der Waals surface area contributed by atoms with Gasteiger partial charge in [-0.15, -0.1) is 0 Å². The van der Waals surface area contributed by atoms with E-state index in [2.05, 4.69) is 0 Å². The van der Waals surface area contributed by atoms with Crippen LogP contribution in [0.5, 0.6) is 0 Å². The van der Waals surface area contributed by atoms with E-state index in [-0.39, 0.29) is 4.90 Å². The number of ether oxygens (including phenoxy) is 2. The highest BCUT2D eigenvalue weighted by Gasteiger charge is 2.47. The summed E-state index contributed by atoms with van der Waals surface area (Å²) < 4.78 is 39.9. The molecule has 0 spiro atoms. The van der Waals surface area contributed by atoms with Gasteiger partial charge in [-0.2, -0.15) is 8.42 Å². The topological polar surface area (TPSA) is 123 Å². The van der Waals surface area contributed by atoms with Crippen LogP contribution in [0.1, 0.15) is 5.56 Å². The van der Waals surface area contributed by atoms with Crippen molar-refractivity contribution in [3.63, 3.8) is 0 Å². The van der Waals surface area contributed by atoms with Crippen molar-refractivity contribution in [2.45, 2.75) is 42.5 Å². The van der Waals surface area contributed by atoms with Gasteiger partial charge in [-0.25, -0.2) is 0 Å². The Morgan fingerprint density at radius 3 is 2.52 bits per heavy atom. The van der Waals surface area contributed by atoms with Crippen molar-refractivity contribution in [2.75, 3.05) is 13.7 Å². The smallest absolute Gasteiger partial charge is 0.297 e. The zero-order chi connectivity index (χ0) is 17.2. The number of hydrogen-bond acceptors (Lipinski definition) is 8. The van der Waals surface area contributed by atoms with E-state index in [9.17, 15) is 18.6 Å². The van der Waals surface area contributed by atoms with Crippen molar-refractivity contribution in [1.82, 2.24) is 0 Å². The summed E-state index contributed by atoms with van der Waals surface area (Å²) in [5, 5.41) is 29.1. The maximum atomic E-state index is 12.3. The fraction of sp³-hybridized carbons (Fsp3) is 0.571. The summed E-state index contributed by atoms with van der Waals surface area (Å²) in [6.07, 6.45) is -6.94. The third kappa shape index (κ3) is 3.89. The Bertz CT molecular complexity index is 629. The number of rotatable bonds is 5. The first-order chi connectivity index (χ1) is 10.8. The Kier molecular flexibility index (Phi) is 5.74. The minimum absolute atomic E-state index is 0.0849. The van der Waals surface area contributed by atoms with Crippen LogP contribution >= 0.6 is 0 Å². The molecule has 9 heteroatoms. The minimum atomic E-state index is -4.20.